The fraction of sp³-hybridized carbons (Fsp3) is 0.875. The summed E-state index contributed by atoms with van der Waals surface area (Å²) in [5.74, 6) is 0.357. The Hall–Kier alpha value is -0.570. The van der Waals surface area contributed by atoms with E-state index < -0.39 is 0 Å². The molecule has 2 fully saturated rings. The number of carbonyl (C=O) groups excluding carboxylic acids is 1. The van der Waals surface area contributed by atoms with Crippen molar-refractivity contribution in [3.8, 4) is 0 Å². The Morgan fingerprint density at radius 2 is 2.18 bits per heavy atom. The molecular formula is C8H13NO2. The van der Waals surface area contributed by atoms with Crippen molar-refractivity contribution in [3.05, 3.63) is 0 Å². The zero-order chi connectivity index (χ0) is 7.84. The van der Waals surface area contributed by atoms with Gasteiger partial charge >= 0.3 is 0 Å². The van der Waals surface area contributed by atoms with Crippen LogP contribution in [0, 0.1) is 11.8 Å². The summed E-state index contributed by atoms with van der Waals surface area (Å²) in [6, 6.07) is 0. The number of hydrogen-bond donors (Lipinski definition) is 2. The Balaban J connectivity index is 1.96. The number of amides is 1. The molecule has 11 heavy (non-hydrogen) atoms. The van der Waals surface area contributed by atoms with Crippen LogP contribution >= 0.6 is 0 Å². The molecule has 2 aliphatic rings. The first-order valence-corrected chi connectivity index (χ1v) is 4.25. The Morgan fingerprint density at radius 1 is 1.45 bits per heavy atom. The molecule has 3 nitrogen and oxygen atoms in total. The van der Waals surface area contributed by atoms with Gasteiger partial charge in [-0.3, -0.25) is 4.79 Å². The van der Waals surface area contributed by atoms with Crippen molar-refractivity contribution >= 4 is 5.91 Å². The van der Waals surface area contributed by atoms with Gasteiger partial charge in [-0.05, 0) is 25.2 Å². The van der Waals surface area contributed by atoms with E-state index in [2.05, 4.69) is 5.32 Å². The fourth-order valence-electron chi connectivity index (χ4n) is 1.71. The van der Waals surface area contributed by atoms with Gasteiger partial charge < -0.3 is 10.4 Å². The average molecular weight is 155 g/mol. The van der Waals surface area contributed by atoms with Crippen LogP contribution in [0.5, 0.6) is 0 Å². The van der Waals surface area contributed by atoms with Crippen LogP contribution in [0.1, 0.15) is 19.3 Å². The molecule has 1 saturated heterocycles. The first kappa shape index (κ1) is 7.10. The number of hydrogen-bond acceptors (Lipinski definition) is 2. The number of carbonyl (C=O) groups is 1. The summed E-state index contributed by atoms with van der Waals surface area (Å²) >= 11 is 0. The third-order valence-electron chi connectivity index (χ3n) is 2.61. The third-order valence-corrected chi connectivity index (χ3v) is 2.61. The Morgan fingerprint density at radius 3 is 2.64 bits per heavy atom. The molecule has 1 saturated carbocycles. The van der Waals surface area contributed by atoms with Crippen LogP contribution < -0.4 is 5.32 Å². The summed E-state index contributed by atoms with van der Waals surface area (Å²) in [6.45, 7) is 0.743. The minimum atomic E-state index is -0.363. The zero-order valence-corrected chi connectivity index (χ0v) is 6.42. The molecule has 0 aromatic heterocycles. The molecule has 0 spiro atoms. The second-order valence-corrected chi connectivity index (χ2v) is 3.51. The van der Waals surface area contributed by atoms with Gasteiger partial charge in [0.25, 0.3) is 0 Å². The summed E-state index contributed by atoms with van der Waals surface area (Å²) < 4.78 is 0. The average Bonchev–Trinajstić information content (AvgIpc) is 2.74. The van der Waals surface area contributed by atoms with Gasteiger partial charge in [0.15, 0.2) is 0 Å². The standard InChI is InChI=1S/C8H13NO2/c10-7(5-1-2-5)6-3-4-9-8(6)11/h5-7,10H,1-4H2,(H,9,11). The maximum atomic E-state index is 11.1. The van der Waals surface area contributed by atoms with E-state index in [-0.39, 0.29) is 17.9 Å². The molecule has 2 atom stereocenters. The maximum absolute atomic E-state index is 11.1. The van der Waals surface area contributed by atoms with E-state index in [9.17, 15) is 9.90 Å². The van der Waals surface area contributed by atoms with Crippen LogP contribution in [-0.4, -0.2) is 23.7 Å². The molecule has 62 valence electrons. The lowest BCUT2D eigenvalue weighted by atomic mass is 9.97. The molecule has 1 heterocycles. The van der Waals surface area contributed by atoms with Crippen LogP contribution in [0.4, 0.5) is 0 Å². The molecular weight excluding hydrogens is 142 g/mol. The van der Waals surface area contributed by atoms with Gasteiger partial charge in [0, 0.05) is 6.54 Å². The van der Waals surface area contributed by atoms with E-state index in [4.69, 9.17) is 0 Å². The first-order chi connectivity index (χ1) is 5.29. The summed E-state index contributed by atoms with van der Waals surface area (Å²) in [5, 5.41) is 12.3. The van der Waals surface area contributed by atoms with E-state index in [1.165, 1.54) is 0 Å². The highest BCUT2D eigenvalue weighted by Gasteiger charge is 2.40. The van der Waals surface area contributed by atoms with Crippen LogP contribution in [0.15, 0.2) is 0 Å². The lowest BCUT2D eigenvalue weighted by Gasteiger charge is -2.13. The summed E-state index contributed by atoms with van der Waals surface area (Å²) in [7, 11) is 0. The smallest absolute Gasteiger partial charge is 0.225 e. The minimum absolute atomic E-state index is 0.0457. The van der Waals surface area contributed by atoms with Crippen LogP contribution in [0.25, 0.3) is 0 Å². The molecule has 0 aromatic rings. The summed E-state index contributed by atoms with van der Waals surface area (Å²) in [5.41, 5.74) is 0. The highest BCUT2D eigenvalue weighted by atomic mass is 16.3. The largest absolute Gasteiger partial charge is 0.392 e. The predicted octanol–water partition coefficient (Wildman–Crippen LogP) is -0.107. The second-order valence-electron chi connectivity index (χ2n) is 3.51. The van der Waals surface area contributed by atoms with E-state index in [1.54, 1.807) is 0 Å². The SMILES string of the molecule is O=C1NCCC1C(O)C1CC1. The molecule has 1 aliphatic heterocycles. The lowest BCUT2D eigenvalue weighted by molar-refractivity contribution is -0.125. The molecule has 0 aromatic carbocycles. The third kappa shape index (κ3) is 1.25. The summed E-state index contributed by atoms with van der Waals surface area (Å²) in [6.07, 6.45) is 2.66. The normalized spacial score (nSPS) is 33.5. The van der Waals surface area contributed by atoms with Crippen LogP contribution in [0.3, 0.4) is 0 Å². The predicted molar refractivity (Wildman–Crippen MR) is 39.8 cm³/mol. The van der Waals surface area contributed by atoms with Gasteiger partial charge in [0.1, 0.15) is 0 Å². The molecule has 3 heteroatoms. The van der Waals surface area contributed by atoms with Crippen molar-refractivity contribution in [3.63, 3.8) is 0 Å². The van der Waals surface area contributed by atoms with Crippen molar-refractivity contribution in [1.82, 2.24) is 5.32 Å². The second kappa shape index (κ2) is 2.48. The highest BCUT2D eigenvalue weighted by Crippen LogP contribution is 2.37. The van der Waals surface area contributed by atoms with Gasteiger partial charge in [-0.2, -0.15) is 0 Å². The molecule has 2 unspecified atom stereocenters. The zero-order valence-electron chi connectivity index (χ0n) is 6.42. The van der Waals surface area contributed by atoms with Crippen LogP contribution in [-0.2, 0) is 4.79 Å². The van der Waals surface area contributed by atoms with Crippen molar-refractivity contribution < 1.29 is 9.90 Å². The van der Waals surface area contributed by atoms with Crippen molar-refractivity contribution in [2.24, 2.45) is 11.8 Å². The van der Waals surface area contributed by atoms with Crippen molar-refractivity contribution in [2.45, 2.75) is 25.4 Å². The maximum Gasteiger partial charge on any atom is 0.225 e. The Bertz CT molecular complexity index is 177. The van der Waals surface area contributed by atoms with Crippen LogP contribution in [0.2, 0.25) is 0 Å². The van der Waals surface area contributed by atoms with E-state index in [0.29, 0.717) is 5.92 Å². The lowest BCUT2D eigenvalue weighted by Crippen LogP contribution is -2.29. The molecule has 1 amide bonds. The van der Waals surface area contributed by atoms with E-state index in [0.717, 1.165) is 25.8 Å². The molecule has 2 rings (SSSR count). The number of aliphatic hydroxyl groups excluding tert-OH is 1. The van der Waals surface area contributed by atoms with Gasteiger partial charge in [-0.15, -0.1) is 0 Å². The van der Waals surface area contributed by atoms with Gasteiger partial charge in [-0.25, -0.2) is 0 Å². The van der Waals surface area contributed by atoms with Gasteiger partial charge in [-0.1, -0.05) is 0 Å². The molecule has 2 N–H and O–H groups in total. The molecule has 0 radical (unpaired) electrons. The topological polar surface area (TPSA) is 49.3 Å². The van der Waals surface area contributed by atoms with Crippen molar-refractivity contribution in [1.29, 1.82) is 0 Å². The van der Waals surface area contributed by atoms with E-state index >= 15 is 0 Å². The fourth-order valence-corrected chi connectivity index (χ4v) is 1.71. The number of rotatable bonds is 2. The quantitative estimate of drug-likeness (QED) is 0.584. The number of nitrogens with one attached hydrogen (secondary N) is 1. The number of aliphatic hydroxyl groups is 1. The Kier molecular flexibility index (Phi) is 1.60. The highest BCUT2D eigenvalue weighted by molar-refractivity contribution is 5.81. The minimum Gasteiger partial charge on any atom is -0.392 e. The van der Waals surface area contributed by atoms with Crippen molar-refractivity contribution in [2.75, 3.05) is 6.54 Å². The molecule has 0 bridgehead atoms. The summed E-state index contributed by atoms with van der Waals surface area (Å²) in [4.78, 5) is 11.1. The Labute approximate surface area is 65.8 Å². The van der Waals surface area contributed by atoms with Gasteiger partial charge in [0.2, 0.25) is 5.91 Å². The monoisotopic (exact) mass is 155 g/mol. The van der Waals surface area contributed by atoms with E-state index in [1.807, 2.05) is 0 Å². The van der Waals surface area contributed by atoms with Gasteiger partial charge in [0.05, 0.1) is 12.0 Å². The molecule has 1 aliphatic carbocycles. The first-order valence-electron chi connectivity index (χ1n) is 4.25.